The van der Waals surface area contributed by atoms with E-state index >= 15 is 0 Å². The highest BCUT2D eigenvalue weighted by atomic mass is 35.5. The summed E-state index contributed by atoms with van der Waals surface area (Å²) in [4.78, 5) is 13.1. The van der Waals surface area contributed by atoms with E-state index in [-0.39, 0.29) is 5.12 Å². The SMILES string of the molecule is CCCCOc1c(Cl)cc(C(=O)Sc2ccc(Cl)cc2)cc1Cl. The Morgan fingerprint density at radius 1 is 1.09 bits per heavy atom. The van der Waals surface area contributed by atoms with Crippen LogP contribution in [0.4, 0.5) is 0 Å². The van der Waals surface area contributed by atoms with E-state index in [2.05, 4.69) is 6.92 Å². The molecule has 0 heterocycles. The van der Waals surface area contributed by atoms with Crippen molar-refractivity contribution in [1.29, 1.82) is 0 Å². The molecule has 0 saturated heterocycles. The molecule has 2 aromatic rings. The van der Waals surface area contributed by atoms with Gasteiger partial charge in [-0.1, -0.05) is 48.1 Å². The normalized spacial score (nSPS) is 10.6. The summed E-state index contributed by atoms with van der Waals surface area (Å²) >= 11 is 19.3. The van der Waals surface area contributed by atoms with Crippen LogP contribution in [-0.4, -0.2) is 11.7 Å². The molecule has 0 N–H and O–H groups in total. The molecule has 0 aliphatic heterocycles. The lowest BCUT2D eigenvalue weighted by Crippen LogP contribution is -2.00. The second kappa shape index (κ2) is 8.84. The minimum absolute atomic E-state index is 0.142. The number of rotatable bonds is 6. The maximum absolute atomic E-state index is 12.3. The molecule has 0 aliphatic carbocycles. The average molecular weight is 390 g/mol. The summed E-state index contributed by atoms with van der Waals surface area (Å²) in [6.07, 6.45) is 1.93. The van der Waals surface area contributed by atoms with Crippen LogP contribution in [0.3, 0.4) is 0 Å². The second-order valence-electron chi connectivity index (χ2n) is 4.81. The maximum Gasteiger partial charge on any atom is 0.224 e. The van der Waals surface area contributed by atoms with E-state index in [1.165, 1.54) is 0 Å². The van der Waals surface area contributed by atoms with Gasteiger partial charge in [-0.05, 0) is 54.6 Å². The monoisotopic (exact) mass is 388 g/mol. The van der Waals surface area contributed by atoms with Crippen LogP contribution in [-0.2, 0) is 0 Å². The van der Waals surface area contributed by atoms with Gasteiger partial charge in [0, 0.05) is 15.5 Å². The number of halogens is 3. The zero-order valence-corrected chi connectivity index (χ0v) is 15.5. The molecule has 2 rings (SSSR count). The number of unbranched alkanes of at least 4 members (excludes halogenated alkanes) is 1. The van der Waals surface area contributed by atoms with Gasteiger partial charge in [0.1, 0.15) is 0 Å². The molecule has 0 unspecified atom stereocenters. The zero-order chi connectivity index (χ0) is 16.8. The average Bonchev–Trinajstić information content (AvgIpc) is 2.52. The van der Waals surface area contributed by atoms with Crippen molar-refractivity contribution < 1.29 is 9.53 Å². The Labute approximate surface area is 155 Å². The standard InChI is InChI=1S/C17H15Cl3O2S/c1-2-3-8-22-16-14(19)9-11(10-15(16)20)17(21)23-13-6-4-12(18)5-7-13/h4-7,9-10H,2-3,8H2,1H3. The molecule has 0 amide bonds. The lowest BCUT2D eigenvalue weighted by molar-refractivity contribution is 0.108. The first-order valence-electron chi connectivity index (χ1n) is 7.11. The number of carbonyl (C=O) groups excluding carboxylic acids is 1. The molecule has 0 saturated carbocycles. The lowest BCUT2D eigenvalue weighted by atomic mass is 10.2. The fourth-order valence-corrected chi connectivity index (χ4v) is 3.25. The van der Waals surface area contributed by atoms with Gasteiger partial charge >= 0.3 is 0 Å². The van der Waals surface area contributed by atoms with Crippen LogP contribution in [0.5, 0.6) is 5.75 Å². The molecule has 2 nitrogen and oxygen atoms in total. The van der Waals surface area contributed by atoms with Crippen LogP contribution in [0, 0.1) is 0 Å². The van der Waals surface area contributed by atoms with Crippen LogP contribution in [0.15, 0.2) is 41.3 Å². The number of hydrogen-bond donors (Lipinski definition) is 0. The molecule has 0 aliphatic rings. The molecule has 0 spiro atoms. The molecule has 0 bridgehead atoms. The molecule has 0 fully saturated rings. The fraction of sp³-hybridized carbons (Fsp3) is 0.235. The Morgan fingerprint density at radius 2 is 1.70 bits per heavy atom. The summed E-state index contributed by atoms with van der Waals surface area (Å²) in [6, 6.07) is 10.2. The van der Waals surface area contributed by atoms with Crippen molar-refractivity contribution in [3.8, 4) is 5.75 Å². The summed E-state index contributed by atoms with van der Waals surface area (Å²) in [6.45, 7) is 2.62. The Morgan fingerprint density at radius 3 is 2.26 bits per heavy atom. The summed E-state index contributed by atoms with van der Waals surface area (Å²) in [5, 5.41) is 1.17. The molecule has 0 atom stereocenters. The third kappa shape index (κ3) is 5.32. The molecule has 0 radical (unpaired) electrons. The molecule has 6 heteroatoms. The molecule has 0 aromatic heterocycles. The van der Waals surface area contributed by atoms with Gasteiger partial charge in [-0.25, -0.2) is 0 Å². The quantitative estimate of drug-likeness (QED) is 0.403. The number of carbonyl (C=O) groups is 1. The predicted octanol–water partition coefficient (Wildman–Crippen LogP) is 6.76. The van der Waals surface area contributed by atoms with E-state index in [0.29, 0.717) is 33.0 Å². The van der Waals surface area contributed by atoms with Gasteiger partial charge in [-0.2, -0.15) is 0 Å². The van der Waals surface area contributed by atoms with Crippen molar-refractivity contribution in [2.75, 3.05) is 6.61 Å². The van der Waals surface area contributed by atoms with E-state index in [9.17, 15) is 4.79 Å². The van der Waals surface area contributed by atoms with Crippen LogP contribution >= 0.6 is 46.6 Å². The summed E-state index contributed by atoms with van der Waals surface area (Å²) in [7, 11) is 0. The summed E-state index contributed by atoms with van der Waals surface area (Å²) < 4.78 is 5.58. The van der Waals surface area contributed by atoms with Crippen molar-refractivity contribution in [1.82, 2.24) is 0 Å². The molecular weight excluding hydrogens is 375 g/mol. The Hall–Kier alpha value is -0.870. The first kappa shape index (κ1) is 18.5. The molecule has 122 valence electrons. The van der Waals surface area contributed by atoms with Crippen molar-refractivity contribution in [3.05, 3.63) is 57.0 Å². The number of benzene rings is 2. The van der Waals surface area contributed by atoms with Gasteiger partial charge < -0.3 is 4.74 Å². The largest absolute Gasteiger partial charge is 0.490 e. The van der Waals surface area contributed by atoms with Gasteiger partial charge in [0.15, 0.2) is 5.75 Å². The lowest BCUT2D eigenvalue weighted by Gasteiger charge is -2.11. The summed E-state index contributed by atoms with van der Waals surface area (Å²) in [5.41, 5.74) is 0.433. The number of hydrogen-bond acceptors (Lipinski definition) is 3. The molecule has 2 aromatic carbocycles. The first-order valence-corrected chi connectivity index (χ1v) is 9.06. The van der Waals surface area contributed by atoms with Crippen LogP contribution < -0.4 is 4.74 Å². The van der Waals surface area contributed by atoms with E-state index in [1.807, 2.05) is 0 Å². The Kier molecular flexibility index (Phi) is 7.09. The van der Waals surface area contributed by atoms with Crippen LogP contribution in [0.25, 0.3) is 0 Å². The smallest absolute Gasteiger partial charge is 0.224 e. The Bertz CT molecular complexity index is 664. The van der Waals surface area contributed by atoms with E-state index in [0.717, 1.165) is 29.5 Å². The van der Waals surface area contributed by atoms with Crippen molar-refractivity contribution >= 4 is 51.7 Å². The maximum atomic E-state index is 12.3. The third-order valence-corrected chi connectivity index (χ3v) is 4.74. The predicted molar refractivity (Wildman–Crippen MR) is 98.5 cm³/mol. The van der Waals surface area contributed by atoms with Crippen molar-refractivity contribution in [2.24, 2.45) is 0 Å². The van der Waals surface area contributed by atoms with Crippen LogP contribution in [0.2, 0.25) is 15.1 Å². The van der Waals surface area contributed by atoms with Crippen molar-refractivity contribution in [2.45, 2.75) is 24.7 Å². The zero-order valence-electron chi connectivity index (χ0n) is 12.4. The Balaban J connectivity index is 2.13. The highest BCUT2D eigenvalue weighted by Crippen LogP contribution is 2.36. The van der Waals surface area contributed by atoms with E-state index < -0.39 is 0 Å². The van der Waals surface area contributed by atoms with Gasteiger partial charge in [-0.3, -0.25) is 4.79 Å². The number of thioether (sulfide) groups is 1. The van der Waals surface area contributed by atoms with E-state index in [4.69, 9.17) is 39.5 Å². The van der Waals surface area contributed by atoms with Gasteiger partial charge in [0.25, 0.3) is 0 Å². The highest BCUT2D eigenvalue weighted by Gasteiger charge is 2.15. The minimum Gasteiger partial charge on any atom is -0.490 e. The molecule has 23 heavy (non-hydrogen) atoms. The fourth-order valence-electron chi connectivity index (χ4n) is 1.80. The van der Waals surface area contributed by atoms with Crippen molar-refractivity contribution in [3.63, 3.8) is 0 Å². The summed E-state index contributed by atoms with van der Waals surface area (Å²) in [5.74, 6) is 0.426. The van der Waals surface area contributed by atoms with Gasteiger partial charge in [0.05, 0.1) is 16.7 Å². The van der Waals surface area contributed by atoms with E-state index in [1.54, 1.807) is 36.4 Å². The van der Waals surface area contributed by atoms with Gasteiger partial charge in [-0.15, -0.1) is 0 Å². The van der Waals surface area contributed by atoms with Crippen LogP contribution in [0.1, 0.15) is 30.1 Å². The second-order valence-corrected chi connectivity index (χ2v) is 7.11. The molecular formula is C17H15Cl3O2S. The topological polar surface area (TPSA) is 26.3 Å². The third-order valence-electron chi connectivity index (χ3n) is 3.00. The highest BCUT2D eigenvalue weighted by molar-refractivity contribution is 8.14. The minimum atomic E-state index is -0.142. The number of ether oxygens (including phenoxy) is 1. The van der Waals surface area contributed by atoms with Gasteiger partial charge in [0.2, 0.25) is 5.12 Å². The first-order chi connectivity index (χ1) is 11.0.